The molecule has 1 amide bonds. The van der Waals surface area contributed by atoms with Gasteiger partial charge in [0.1, 0.15) is 24.1 Å². The molecule has 1 fully saturated rings. The fourth-order valence-corrected chi connectivity index (χ4v) is 3.63. The van der Waals surface area contributed by atoms with E-state index in [0.717, 1.165) is 23.8 Å². The SMILES string of the molecule is CN1C(=O)[C@@H](N)COc2ccc(OCCCC3CCCCC3)cc21. The summed E-state index contributed by atoms with van der Waals surface area (Å²) >= 11 is 0. The number of rotatable bonds is 5. The van der Waals surface area contributed by atoms with Crippen LogP contribution in [0.1, 0.15) is 44.9 Å². The molecule has 0 radical (unpaired) electrons. The van der Waals surface area contributed by atoms with Crippen LogP contribution < -0.4 is 20.1 Å². The van der Waals surface area contributed by atoms with Crippen LogP contribution in [0.3, 0.4) is 0 Å². The van der Waals surface area contributed by atoms with Crippen molar-refractivity contribution < 1.29 is 14.3 Å². The summed E-state index contributed by atoms with van der Waals surface area (Å²) in [5.41, 5.74) is 6.53. The third kappa shape index (κ3) is 4.01. The van der Waals surface area contributed by atoms with E-state index in [9.17, 15) is 4.79 Å². The van der Waals surface area contributed by atoms with Crippen LogP contribution in [0.2, 0.25) is 0 Å². The van der Waals surface area contributed by atoms with Crippen molar-refractivity contribution in [1.29, 1.82) is 0 Å². The molecule has 1 heterocycles. The Kier molecular flexibility index (Phi) is 5.61. The Hall–Kier alpha value is -1.75. The average molecular weight is 332 g/mol. The quantitative estimate of drug-likeness (QED) is 0.842. The molecule has 1 aromatic carbocycles. The second-order valence-corrected chi connectivity index (χ2v) is 6.94. The number of anilines is 1. The van der Waals surface area contributed by atoms with Gasteiger partial charge in [-0.1, -0.05) is 32.1 Å². The van der Waals surface area contributed by atoms with Gasteiger partial charge in [0.25, 0.3) is 0 Å². The number of carbonyl (C=O) groups excluding carboxylic acids is 1. The van der Waals surface area contributed by atoms with E-state index in [2.05, 4.69) is 0 Å². The van der Waals surface area contributed by atoms with E-state index < -0.39 is 6.04 Å². The summed E-state index contributed by atoms with van der Waals surface area (Å²) in [7, 11) is 1.72. The maximum atomic E-state index is 12.1. The molecule has 0 saturated heterocycles. The number of nitrogens with two attached hydrogens (primary N) is 1. The zero-order valence-electron chi connectivity index (χ0n) is 14.5. The lowest BCUT2D eigenvalue weighted by molar-refractivity contribution is -0.119. The van der Waals surface area contributed by atoms with Crippen molar-refractivity contribution in [3.63, 3.8) is 0 Å². The molecule has 24 heavy (non-hydrogen) atoms. The lowest BCUT2D eigenvalue weighted by Gasteiger charge is -2.21. The van der Waals surface area contributed by atoms with E-state index in [4.69, 9.17) is 15.2 Å². The molecule has 0 aromatic heterocycles. The molecule has 0 bridgehead atoms. The first-order valence-electron chi connectivity index (χ1n) is 9.08. The van der Waals surface area contributed by atoms with Crippen LogP contribution in [0.25, 0.3) is 0 Å². The molecule has 0 spiro atoms. The predicted octanol–water partition coefficient (Wildman–Crippen LogP) is 3.11. The molecule has 0 unspecified atom stereocenters. The monoisotopic (exact) mass is 332 g/mol. The number of amides is 1. The number of nitrogens with zero attached hydrogens (tertiary/aromatic N) is 1. The van der Waals surface area contributed by atoms with Gasteiger partial charge in [-0.15, -0.1) is 0 Å². The van der Waals surface area contributed by atoms with E-state index in [1.807, 2.05) is 18.2 Å². The minimum atomic E-state index is -0.623. The highest BCUT2D eigenvalue weighted by molar-refractivity contribution is 5.98. The van der Waals surface area contributed by atoms with Crippen LogP contribution >= 0.6 is 0 Å². The minimum Gasteiger partial charge on any atom is -0.494 e. The molecule has 2 aliphatic rings. The van der Waals surface area contributed by atoms with E-state index in [-0.39, 0.29) is 12.5 Å². The number of ether oxygens (including phenoxy) is 2. The van der Waals surface area contributed by atoms with Crippen LogP contribution in [-0.2, 0) is 4.79 Å². The van der Waals surface area contributed by atoms with Gasteiger partial charge < -0.3 is 20.1 Å². The van der Waals surface area contributed by atoms with E-state index >= 15 is 0 Å². The number of carbonyl (C=O) groups is 1. The molecular formula is C19H28N2O3. The molecule has 5 heteroatoms. The summed E-state index contributed by atoms with van der Waals surface area (Å²) < 4.78 is 11.5. The Balaban J connectivity index is 1.54. The first-order chi connectivity index (χ1) is 11.6. The zero-order chi connectivity index (χ0) is 16.9. The van der Waals surface area contributed by atoms with Crippen molar-refractivity contribution >= 4 is 11.6 Å². The number of likely N-dealkylation sites (N-methyl/N-ethyl adjacent to an activating group) is 1. The van der Waals surface area contributed by atoms with Crippen LogP contribution in [0.4, 0.5) is 5.69 Å². The lowest BCUT2D eigenvalue weighted by Crippen LogP contribution is -2.43. The Morgan fingerprint density at radius 2 is 2.08 bits per heavy atom. The number of fused-ring (bicyclic) bond motifs is 1. The molecule has 1 aliphatic carbocycles. The molecule has 1 aliphatic heterocycles. The first-order valence-corrected chi connectivity index (χ1v) is 9.08. The molecule has 2 N–H and O–H groups in total. The van der Waals surface area contributed by atoms with Gasteiger partial charge in [0, 0.05) is 13.1 Å². The molecular weight excluding hydrogens is 304 g/mol. The standard InChI is InChI=1S/C19H28N2O3/c1-21-17-12-15(9-10-18(17)24-13-16(20)19(21)22)23-11-5-8-14-6-3-2-4-7-14/h9-10,12,14,16H,2-8,11,13,20H2,1H3/t16-/m0/s1. The van der Waals surface area contributed by atoms with Gasteiger partial charge in [0.05, 0.1) is 12.3 Å². The summed E-state index contributed by atoms with van der Waals surface area (Å²) in [5.74, 6) is 2.20. The van der Waals surface area contributed by atoms with Crippen molar-refractivity contribution in [2.75, 3.05) is 25.2 Å². The Morgan fingerprint density at radius 3 is 2.88 bits per heavy atom. The summed E-state index contributed by atoms with van der Waals surface area (Å²) in [6, 6.07) is 5.00. The highest BCUT2D eigenvalue weighted by Gasteiger charge is 2.26. The molecule has 5 nitrogen and oxygen atoms in total. The number of hydrogen-bond acceptors (Lipinski definition) is 4. The zero-order valence-corrected chi connectivity index (χ0v) is 14.5. The van der Waals surface area contributed by atoms with Crippen molar-refractivity contribution in [3.8, 4) is 11.5 Å². The summed E-state index contributed by atoms with van der Waals surface area (Å²) in [6.45, 7) is 0.922. The second kappa shape index (κ2) is 7.88. The number of hydrogen-bond donors (Lipinski definition) is 1. The summed E-state index contributed by atoms with van der Waals surface area (Å²) in [6.07, 6.45) is 9.27. The smallest absolute Gasteiger partial charge is 0.247 e. The van der Waals surface area contributed by atoms with Gasteiger partial charge in [-0.25, -0.2) is 0 Å². The normalized spacial score (nSPS) is 21.8. The van der Waals surface area contributed by atoms with E-state index in [0.29, 0.717) is 12.4 Å². The maximum Gasteiger partial charge on any atom is 0.247 e. The first kappa shape index (κ1) is 17.1. The largest absolute Gasteiger partial charge is 0.494 e. The van der Waals surface area contributed by atoms with E-state index in [1.165, 1.54) is 38.5 Å². The summed E-state index contributed by atoms with van der Waals surface area (Å²) in [4.78, 5) is 13.7. The van der Waals surface area contributed by atoms with Crippen LogP contribution in [0.15, 0.2) is 18.2 Å². The van der Waals surface area contributed by atoms with Gasteiger partial charge in [-0.2, -0.15) is 0 Å². The fourth-order valence-electron chi connectivity index (χ4n) is 3.63. The molecule has 132 valence electrons. The topological polar surface area (TPSA) is 64.8 Å². The Labute approximate surface area is 144 Å². The van der Waals surface area contributed by atoms with Crippen molar-refractivity contribution in [2.24, 2.45) is 11.7 Å². The fraction of sp³-hybridized carbons (Fsp3) is 0.632. The average Bonchev–Trinajstić information content (AvgIpc) is 2.72. The van der Waals surface area contributed by atoms with Gasteiger partial charge >= 0.3 is 0 Å². The minimum absolute atomic E-state index is 0.136. The van der Waals surface area contributed by atoms with Crippen LogP contribution in [0.5, 0.6) is 11.5 Å². The summed E-state index contributed by atoms with van der Waals surface area (Å²) in [5, 5.41) is 0. The molecule has 1 saturated carbocycles. The van der Waals surface area contributed by atoms with E-state index in [1.54, 1.807) is 11.9 Å². The maximum absolute atomic E-state index is 12.1. The van der Waals surface area contributed by atoms with Crippen molar-refractivity contribution in [3.05, 3.63) is 18.2 Å². The van der Waals surface area contributed by atoms with Gasteiger partial charge in [0.15, 0.2) is 0 Å². The third-order valence-corrected chi connectivity index (χ3v) is 5.11. The van der Waals surface area contributed by atoms with Crippen LogP contribution in [0, 0.1) is 5.92 Å². The lowest BCUT2D eigenvalue weighted by atomic mass is 9.86. The Bertz CT molecular complexity index is 570. The molecule has 1 aromatic rings. The van der Waals surface area contributed by atoms with Gasteiger partial charge in [0.2, 0.25) is 5.91 Å². The second-order valence-electron chi connectivity index (χ2n) is 6.94. The number of benzene rings is 1. The van der Waals surface area contributed by atoms with Crippen molar-refractivity contribution in [2.45, 2.75) is 51.0 Å². The highest BCUT2D eigenvalue weighted by atomic mass is 16.5. The highest BCUT2D eigenvalue weighted by Crippen LogP contribution is 2.34. The Morgan fingerprint density at radius 1 is 1.29 bits per heavy atom. The van der Waals surface area contributed by atoms with Crippen LogP contribution in [-0.4, -0.2) is 32.2 Å². The third-order valence-electron chi connectivity index (χ3n) is 5.11. The van der Waals surface area contributed by atoms with Gasteiger partial charge in [-0.05, 0) is 30.9 Å². The molecule has 3 rings (SSSR count). The molecule has 1 atom stereocenters. The van der Waals surface area contributed by atoms with Crippen molar-refractivity contribution in [1.82, 2.24) is 0 Å². The predicted molar refractivity (Wildman–Crippen MR) is 94.6 cm³/mol. The van der Waals surface area contributed by atoms with Gasteiger partial charge in [-0.3, -0.25) is 4.79 Å².